The Morgan fingerprint density at radius 3 is 1.06 bits per heavy atom. The SMILES string of the molecule is CC(C)(C)c1ccc(N)cc1.CC(C)(C)c1ccc(Nc2cccc(Nc3ccc(C(C)(C)C)cc3)c2Cl)cc1.Clc1c(Br)cccc1Br. The summed E-state index contributed by atoms with van der Waals surface area (Å²) in [6, 6.07) is 36.8. The van der Waals surface area contributed by atoms with E-state index < -0.39 is 0 Å². The van der Waals surface area contributed by atoms with Gasteiger partial charge in [0.1, 0.15) is 0 Å². The standard InChI is InChI=1S/C26H31ClN2.C10H15N.C6H3Br2Cl/c1-25(2,3)18-10-14-20(15-11-18)28-22-8-7-9-23(24(22)27)29-21-16-12-19(13-17-21)26(4,5)6;1-10(2,3)8-4-6-9(11)7-5-8;7-4-2-1-3-5(8)6(4)9/h7-17,28-29H,1-6H3;4-7H,11H2,1-3H3;1-3H. The molecular formula is C42H49Br2Cl2N3. The van der Waals surface area contributed by atoms with Crippen molar-refractivity contribution in [2.45, 2.75) is 78.6 Å². The number of nitrogens with one attached hydrogen (secondary N) is 2. The number of halogens is 4. The van der Waals surface area contributed by atoms with Gasteiger partial charge in [-0.15, -0.1) is 0 Å². The lowest BCUT2D eigenvalue weighted by atomic mass is 9.87. The summed E-state index contributed by atoms with van der Waals surface area (Å²) in [7, 11) is 0. The number of hydrogen-bond acceptors (Lipinski definition) is 3. The van der Waals surface area contributed by atoms with E-state index in [9.17, 15) is 0 Å². The zero-order valence-corrected chi connectivity index (χ0v) is 34.7. The molecule has 0 saturated carbocycles. The molecule has 49 heavy (non-hydrogen) atoms. The maximum atomic E-state index is 6.69. The molecule has 260 valence electrons. The Kier molecular flexibility index (Phi) is 14.3. The minimum atomic E-state index is 0.141. The van der Waals surface area contributed by atoms with Crippen LogP contribution < -0.4 is 16.4 Å². The third-order valence-electron chi connectivity index (χ3n) is 7.74. The lowest BCUT2D eigenvalue weighted by molar-refractivity contribution is 0.590. The van der Waals surface area contributed by atoms with E-state index in [-0.39, 0.29) is 16.2 Å². The molecule has 7 heteroatoms. The van der Waals surface area contributed by atoms with Crippen LogP contribution in [0.2, 0.25) is 10.0 Å². The minimum Gasteiger partial charge on any atom is -0.399 e. The monoisotopic (exact) mass is 823 g/mol. The summed E-state index contributed by atoms with van der Waals surface area (Å²) in [6.07, 6.45) is 0. The van der Waals surface area contributed by atoms with Crippen molar-refractivity contribution in [1.82, 2.24) is 0 Å². The third kappa shape index (κ3) is 12.7. The topological polar surface area (TPSA) is 50.1 Å². The van der Waals surface area contributed by atoms with Crippen molar-refractivity contribution in [2.75, 3.05) is 16.4 Å². The summed E-state index contributed by atoms with van der Waals surface area (Å²) >= 11 is 19.0. The molecule has 5 rings (SSSR count). The zero-order chi connectivity index (χ0) is 36.6. The fourth-order valence-electron chi connectivity index (χ4n) is 4.60. The van der Waals surface area contributed by atoms with Crippen molar-refractivity contribution in [3.05, 3.63) is 145 Å². The largest absolute Gasteiger partial charge is 0.399 e. The maximum absolute atomic E-state index is 6.69. The Bertz CT molecular complexity index is 1680. The summed E-state index contributed by atoms with van der Waals surface area (Å²) in [5.41, 5.74) is 14.7. The molecule has 0 amide bonds. The Labute approximate surface area is 321 Å². The smallest absolute Gasteiger partial charge is 0.0875 e. The summed E-state index contributed by atoms with van der Waals surface area (Å²) in [4.78, 5) is 0. The minimum absolute atomic E-state index is 0.141. The molecule has 0 unspecified atom stereocenters. The lowest BCUT2D eigenvalue weighted by Gasteiger charge is -2.20. The van der Waals surface area contributed by atoms with Gasteiger partial charge in [-0.1, -0.05) is 134 Å². The average molecular weight is 827 g/mol. The molecule has 0 aliphatic heterocycles. The van der Waals surface area contributed by atoms with Gasteiger partial charge in [-0.3, -0.25) is 0 Å². The van der Waals surface area contributed by atoms with Crippen LogP contribution >= 0.6 is 55.1 Å². The van der Waals surface area contributed by atoms with Crippen molar-refractivity contribution >= 4 is 83.5 Å². The zero-order valence-electron chi connectivity index (χ0n) is 30.0. The molecule has 0 aliphatic carbocycles. The Hall–Kier alpha value is -2.96. The highest BCUT2D eigenvalue weighted by molar-refractivity contribution is 9.11. The van der Waals surface area contributed by atoms with Gasteiger partial charge in [-0.05, 0) is 125 Å². The number of benzene rings is 5. The third-order valence-corrected chi connectivity index (χ3v) is 10.3. The first-order chi connectivity index (χ1) is 22.8. The molecule has 0 atom stereocenters. The van der Waals surface area contributed by atoms with Gasteiger partial charge < -0.3 is 16.4 Å². The molecule has 0 saturated heterocycles. The van der Waals surface area contributed by atoms with Gasteiger partial charge in [0.05, 0.1) is 21.4 Å². The van der Waals surface area contributed by atoms with Gasteiger partial charge in [-0.2, -0.15) is 0 Å². The van der Waals surface area contributed by atoms with Crippen molar-refractivity contribution < 1.29 is 0 Å². The van der Waals surface area contributed by atoms with E-state index in [0.29, 0.717) is 5.02 Å². The van der Waals surface area contributed by atoms with Gasteiger partial charge in [0.25, 0.3) is 0 Å². The summed E-state index contributed by atoms with van der Waals surface area (Å²) < 4.78 is 1.83. The maximum Gasteiger partial charge on any atom is 0.0875 e. The van der Waals surface area contributed by atoms with Crippen LogP contribution in [-0.4, -0.2) is 0 Å². The van der Waals surface area contributed by atoms with E-state index in [1.807, 2.05) is 48.5 Å². The molecule has 0 aromatic heterocycles. The van der Waals surface area contributed by atoms with Gasteiger partial charge in [-0.25, -0.2) is 0 Å². The quantitative estimate of drug-likeness (QED) is 0.125. The number of nitrogen functional groups attached to an aromatic ring is 1. The van der Waals surface area contributed by atoms with Crippen molar-refractivity contribution in [2.24, 2.45) is 0 Å². The highest BCUT2D eigenvalue weighted by Gasteiger charge is 2.15. The summed E-state index contributed by atoms with van der Waals surface area (Å²) in [5.74, 6) is 0. The Morgan fingerprint density at radius 1 is 0.449 bits per heavy atom. The molecule has 0 fully saturated rings. The van der Waals surface area contributed by atoms with E-state index in [0.717, 1.165) is 42.4 Å². The van der Waals surface area contributed by atoms with Gasteiger partial charge in [0, 0.05) is 26.0 Å². The summed E-state index contributed by atoms with van der Waals surface area (Å²) in [5, 5.41) is 8.26. The van der Waals surface area contributed by atoms with Crippen LogP contribution in [0.5, 0.6) is 0 Å². The van der Waals surface area contributed by atoms with Crippen LogP contribution in [0, 0.1) is 0 Å². The normalized spacial score (nSPS) is 11.4. The van der Waals surface area contributed by atoms with Crippen molar-refractivity contribution in [3.63, 3.8) is 0 Å². The molecule has 0 heterocycles. The fourth-order valence-corrected chi connectivity index (χ4v) is 5.95. The molecular weight excluding hydrogens is 777 g/mol. The molecule has 0 radical (unpaired) electrons. The molecule has 0 spiro atoms. The predicted molar refractivity (Wildman–Crippen MR) is 225 cm³/mol. The second-order valence-electron chi connectivity index (χ2n) is 15.0. The first kappa shape index (κ1) is 40.5. The Balaban J connectivity index is 0.000000263. The molecule has 3 nitrogen and oxygen atoms in total. The number of rotatable bonds is 4. The number of hydrogen-bond donors (Lipinski definition) is 3. The first-order valence-corrected chi connectivity index (χ1v) is 18.6. The van der Waals surface area contributed by atoms with Crippen LogP contribution in [-0.2, 0) is 16.2 Å². The van der Waals surface area contributed by atoms with E-state index in [1.54, 1.807) is 0 Å². The Morgan fingerprint density at radius 2 is 0.755 bits per heavy atom. The van der Waals surface area contributed by atoms with E-state index in [4.69, 9.17) is 28.9 Å². The number of nitrogens with two attached hydrogens (primary N) is 1. The molecule has 0 bridgehead atoms. The number of anilines is 5. The van der Waals surface area contributed by atoms with Gasteiger partial charge >= 0.3 is 0 Å². The van der Waals surface area contributed by atoms with Gasteiger partial charge in [0.15, 0.2) is 0 Å². The molecule has 5 aromatic carbocycles. The lowest BCUT2D eigenvalue weighted by Crippen LogP contribution is -2.10. The van der Waals surface area contributed by atoms with E-state index in [1.165, 1.54) is 16.7 Å². The van der Waals surface area contributed by atoms with Crippen LogP contribution in [0.3, 0.4) is 0 Å². The van der Waals surface area contributed by atoms with E-state index in [2.05, 4.69) is 165 Å². The van der Waals surface area contributed by atoms with Crippen LogP contribution in [0.1, 0.15) is 79.0 Å². The summed E-state index contributed by atoms with van der Waals surface area (Å²) in [6.45, 7) is 19.9. The first-order valence-electron chi connectivity index (χ1n) is 16.2. The van der Waals surface area contributed by atoms with Crippen LogP contribution in [0.4, 0.5) is 28.4 Å². The second kappa shape index (κ2) is 17.3. The second-order valence-corrected chi connectivity index (χ2v) is 17.4. The van der Waals surface area contributed by atoms with E-state index >= 15 is 0 Å². The van der Waals surface area contributed by atoms with Crippen LogP contribution in [0.25, 0.3) is 0 Å². The van der Waals surface area contributed by atoms with Crippen molar-refractivity contribution in [3.8, 4) is 0 Å². The highest BCUT2D eigenvalue weighted by atomic mass is 79.9. The molecule has 0 aliphatic rings. The average Bonchev–Trinajstić information content (AvgIpc) is 3.02. The fraction of sp³-hybridized carbons (Fsp3) is 0.286. The molecule has 4 N–H and O–H groups in total. The molecule has 5 aromatic rings. The van der Waals surface area contributed by atoms with Crippen molar-refractivity contribution in [1.29, 1.82) is 0 Å². The van der Waals surface area contributed by atoms with Crippen LogP contribution in [0.15, 0.2) is 118 Å². The highest BCUT2D eigenvalue weighted by Crippen LogP contribution is 2.35. The predicted octanol–water partition coefficient (Wildman–Crippen LogP) is 14.9. The van der Waals surface area contributed by atoms with Gasteiger partial charge in [0.2, 0.25) is 0 Å².